The molecule has 0 atom stereocenters. The van der Waals surface area contributed by atoms with Gasteiger partial charge >= 0.3 is 6.18 Å². The van der Waals surface area contributed by atoms with Crippen LogP contribution in [0, 0.1) is 27.7 Å². The summed E-state index contributed by atoms with van der Waals surface area (Å²) in [5.41, 5.74) is 3.09. The van der Waals surface area contributed by atoms with Gasteiger partial charge in [0, 0.05) is 17.9 Å². The summed E-state index contributed by atoms with van der Waals surface area (Å²) in [6.07, 6.45) is -0.252. The van der Waals surface area contributed by atoms with Gasteiger partial charge in [-0.1, -0.05) is 13.8 Å². The van der Waals surface area contributed by atoms with Crippen LogP contribution in [0.2, 0.25) is 0 Å². The summed E-state index contributed by atoms with van der Waals surface area (Å²) in [7, 11) is 0. The number of fused-ring (bicyclic) bond motifs is 1. The van der Waals surface area contributed by atoms with Crippen molar-refractivity contribution in [1.29, 1.82) is 0 Å². The Bertz CT molecular complexity index is 1020. The largest absolute Gasteiger partial charge is 0.438 e. The molecule has 3 rings (SSSR count). The fraction of sp³-hybridized carbons (Fsp3) is 0.435. The fourth-order valence-electron chi connectivity index (χ4n) is 3.97. The molecule has 0 radical (unpaired) electrons. The molecule has 0 bridgehead atoms. The van der Waals surface area contributed by atoms with Crippen molar-refractivity contribution >= 4 is 10.9 Å². The first-order chi connectivity index (χ1) is 13.6. The van der Waals surface area contributed by atoms with Gasteiger partial charge in [-0.2, -0.15) is 13.2 Å². The minimum absolute atomic E-state index is 0.371. The highest BCUT2D eigenvalue weighted by Crippen LogP contribution is 2.39. The second-order valence-electron chi connectivity index (χ2n) is 7.69. The van der Waals surface area contributed by atoms with Gasteiger partial charge in [0.25, 0.3) is 0 Å². The van der Waals surface area contributed by atoms with E-state index >= 15 is 0 Å². The SMILES string of the molecule is CCC(CC)n1cc(C)c2c(Oc3c(C)cc(C(F)(F)F)cc3C)nc(C)cc21. The highest BCUT2D eigenvalue weighted by atomic mass is 19.4. The van der Waals surface area contributed by atoms with Crippen molar-refractivity contribution in [1.82, 2.24) is 9.55 Å². The molecule has 0 N–H and O–H groups in total. The van der Waals surface area contributed by atoms with Crippen LogP contribution in [0.15, 0.2) is 24.4 Å². The molecule has 0 aliphatic rings. The van der Waals surface area contributed by atoms with Gasteiger partial charge in [0.2, 0.25) is 5.88 Å². The van der Waals surface area contributed by atoms with Crippen LogP contribution in [0.4, 0.5) is 13.2 Å². The number of hydrogen-bond acceptors (Lipinski definition) is 2. The summed E-state index contributed by atoms with van der Waals surface area (Å²) in [4.78, 5) is 4.58. The van der Waals surface area contributed by atoms with E-state index in [1.54, 1.807) is 13.8 Å². The molecule has 0 fully saturated rings. The third-order valence-corrected chi connectivity index (χ3v) is 5.42. The smallest absolute Gasteiger partial charge is 0.416 e. The Morgan fingerprint density at radius 2 is 1.55 bits per heavy atom. The van der Waals surface area contributed by atoms with E-state index in [4.69, 9.17) is 4.74 Å². The van der Waals surface area contributed by atoms with Crippen molar-refractivity contribution in [2.24, 2.45) is 0 Å². The Balaban J connectivity index is 2.15. The van der Waals surface area contributed by atoms with Gasteiger partial charge in [0.05, 0.1) is 16.5 Å². The molecule has 6 heteroatoms. The number of nitrogens with zero attached hydrogens (tertiary/aromatic N) is 2. The summed E-state index contributed by atoms with van der Waals surface area (Å²) in [6, 6.07) is 4.66. The summed E-state index contributed by atoms with van der Waals surface area (Å²) in [5.74, 6) is 0.861. The van der Waals surface area contributed by atoms with Crippen molar-refractivity contribution in [2.75, 3.05) is 0 Å². The number of ether oxygens (including phenoxy) is 1. The van der Waals surface area contributed by atoms with Crippen LogP contribution in [-0.4, -0.2) is 9.55 Å². The summed E-state index contributed by atoms with van der Waals surface area (Å²) >= 11 is 0. The van der Waals surface area contributed by atoms with E-state index in [1.807, 2.05) is 19.9 Å². The zero-order chi connectivity index (χ0) is 21.5. The van der Waals surface area contributed by atoms with Gasteiger partial charge in [-0.15, -0.1) is 0 Å². The molecule has 2 heterocycles. The van der Waals surface area contributed by atoms with E-state index < -0.39 is 11.7 Å². The van der Waals surface area contributed by atoms with Crippen LogP contribution in [0.25, 0.3) is 10.9 Å². The molecule has 0 amide bonds. The Morgan fingerprint density at radius 3 is 2.07 bits per heavy atom. The molecule has 3 aromatic rings. The van der Waals surface area contributed by atoms with Crippen molar-refractivity contribution < 1.29 is 17.9 Å². The van der Waals surface area contributed by atoms with Gasteiger partial charge < -0.3 is 9.30 Å². The molecule has 0 spiro atoms. The molecule has 0 aliphatic heterocycles. The number of alkyl halides is 3. The van der Waals surface area contributed by atoms with Crippen LogP contribution >= 0.6 is 0 Å². The molecule has 0 saturated heterocycles. The zero-order valence-corrected chi connectivity index (χ0v) is 17.7. The maximum atomic E-state index is 13.1. The number of aromatic nitrogens is 2. The monoisotopic (exact) mass is 404 g/mol. The van der Waals surface area contributed by atoms with Crippen LogP contribution in [0.5, 0.6) is 11.6 Å². The first-order valence-electron chi connectivity index (χ1n) is 9.91. The van der Waals surface area contributed by atoms with E-state index in [2.05, 4.69) is 29.6 Å². The van der Waals surface area contributed by atoms with Gasteiger partial charge in [0.15, 0.2) is 0 Å². The Kier molecular flexibility index (Phi) is 5.65. The molecule has 156 valence electrons. The molecule has 2 aromatic heterocycles. The van der Waals surface area contributed by atoms with Crippen molar-refractivity contribution in [2.45, 2.75) is 66.6 Å². The van der Waals surface area contributed by atoms with Gasteiger partial charge in [-0.3, -0.25) is 0 Å². The lowest BCUT2D eigenvalue weighted by Gasteiger charge is -2.18. The van der Waals surface area contributed by atoms with Crippen LogP contribution in [-0.2, 0) is 6.18 Å². The number of benzene rings is 1. The number of rotatable bonds is 5. The first-order valence-corrected chi connectivity index (χ1v) is 9.91. The third-order valence-electron chi connectivity index (χ3n) is 5.42. The van der Waals surface area contributed by atoms with Gasteiger partial charge in [-0.25, -0.2) is 4.98 Å². The number of hydrogen-bond donors (Lipinski definition) is 0. The Labute approximate surface area is 169 Å². The van der Waals surface area contributed by atoms with Crippen LogP contribution in [0.3, 0.4) is 0 Å². The van der Waals surface area contributed by atoms with E-state index in [0.29, 0.717) is 28.8 Å². The molecule has 0 aliphatic carbocycles. The molecular formula is C23H27F3N2O. The zero-order valence-electron chi connectivity index (χ0n) is 17.7. The predicted molar refractivity (Wildman–Crippen MR) is 110 cm³/mol. The van der Waals surface area contributed by atoms with Crippen LogP contribution < -0.4 is 4.74 Å². The minimum atomic E-state index is -4.38. The number of halogens is 3. The molecule has 3 nitrogen and oxygen atoms in total. The van der Waals surface area contributed by atoms with E-state index in [9.17, 15) is 13.2 Å². The highest BCUT2D eigenvalue weighted by molar-refractivity contribution is 5.89. The second kappa shape index (κ2) is 7.73. The topological polar surface area (TPSA) is 27.1 Å². The third kappa shape index (κ3) is 3.98. The Morgan fingerprint density at radius 1 is 0.966 bits per heavy atom. The summed E-state index contributed by atoms with van der Waals surface area (Å²) < 4.78 is 47.7. The minimum Gasteiger partial charge on any atom is -0.438 e. The summed E-state index contributed by atoms with van der Waals surface area (Å²) in [6.45, 7) is 11.5. The van der Waals surface area contributed by atoms with Crippen molar-refractivity contribution in [3.8, 4) is 11.6 Å². The highest BCUT2D eigenvalue weighted by Gasteiger charge is 2.31. The second-order valence-corrected chi connectivity index (χ2v) is 7.69. The molecule has 0 unspecified atom stereocenters. The lowest BCUT2D eigenvalue weighted by atomic mass is 10.1. The van der Waals surface area contributed by atoms with E-state index in [-0.39, 0.29) is 0 Å². The maximum absolute atomic E-state index is 13.1. The maximum Gasteiger partial charge on any atom is 0.416 e. The summed E-state index contributed by atoms with van der Waals surface area (Å²) in [5, 5.41) is 0.904. The number of aryl methyl sites for hydroxylation is 4. The lowest BCUT2D eigenvalue weighted by Crippen LogP contribution is -2.07. The molecular weight excluding hydrogens is 377 g/mol. The van der Waals surface area contributed by atoms with Crippen molar-refractivity contribution in [3.63, 3.8) is 0 Å². The average Bonchev–Trinajstić information content (AvgIpc) is 2.94. The fourth-order valence-corrected chi connectivity index (χ4v) is 3.97. The average molecular weight is 404 g/mol. The molecule has 29 heavy (non-hydrogen) atoms. The van der Waals surface area contributed by atoms with Crippen molar-refractivity contribution in [3.05, 3.63) is 52.3 Å². The Hall–Kier alpha value is -2.50. The quantitative estimate of drug-likeness (QED) is 0.442. The van der Waals surface area contributed by atoms with E-state index in [1.165, 1.54) is 0 Å². The normalized spacial score (nSPS) is 12.2. The first kappa shape index (κ1) is 21.2. The number of pyridine rings is 1. The lowest BCUT2D eigenvalue weighted by molar-refractivity contribution is -0.137. The van der Waals surface area contributed by atoms with Gasteiger partial charge in [0.1, 0.15) is 5.75 Å². The van der Waals surface area contributed by atoms with Crippen LogP contribution in [0.1, 0.15) is 60.7 Å². The van der Waals surface area contributed by atoms with E-state index in [0.717, 1.165) is 47.1 Å². The van der Waals surface area contributed by atoms with Gasteiger partial charge in [-0.05, 0) is 75.4 Å². The molecule has 1 aromatic carbocycles. The predicted octanol–water partition coefficient (Wildman–Crippen LogP) is 7.44. The standard InChI is InChI=1S/C23H27F3N2O/c1-7-18(8-2)28-12-15(5)20-19(28)11-16(6)27-22(20)29-21-13(3)9-17(10-14(21)4)23(24,25)26/h9-12,18H,7-8H2,1-6H3. The molecule has 0 saturated carbocycles.